The average Bonchev–Trinajstić information content (AvgIpc) is 1.81. The molecule has 0 saturated carbocycles. The minimum absolute atomic E-state index is 0.179. The number of ether oxygens (including phenoxy) is 1. The van der Waals surface area contributed by atoms with Gasteiger partial charge in [0.2, 0.25) is 0 Å². The van der Waals surface area contributed by atoms with E-state index < -0.39 is 5.17 Å². The van der Waals surface area contributed by atoms with Crippen molar-refractivity contribution in [3.8, 4) is 0 Å². The van der Waals surface area contributed by atoms with Crippen molar-refractivity contribution < 1.29 is 9.84 Å². The largest absolute Gasteiger partial charge is 0.487 e. The lowest BCUT2D eigenvalue weighted by Gasteiger charge is -2.24. The summed E-state index contributed by atoms with van der Waals surface area (Å²) in [6.45, 7) is 5.93. The van der Waals surface area contributed by atoms with Crippen molar-refractivity contribution in [2.24, 2.45) is 5.73 Å². The van der Waals surface area contributed by atoms with Crippen LogP contribution in [0.4, 0.5) is 0 Å². The molecule has 0 aliphatic heterocycles. The van der Waals surface area contributed by atoms with Crippen molar-refractivity contribution in [2.75, 3.05) is 14.1 Å². The first-order valence-corrected chi connectivity index (χ1v) is 4.76. The Balaban J connectivity index is 0. The van der Waals surface area contributed by atoms with E-state index in [-0.39, 0.29) is 5.60 Å². The van der Waals surface area contributed by atoms with Gasteiger partial charge in [0.05, 0.1) is 0 Å². The molecular weight excluding hydrogens is 220 g/mol. The van der Waals surface area contributed by atoms with Gasteiger partial charge in [-0.15, -0.1) is 0 Å². The van der Waals surface area contributed by atoms with Gasteiger partial charge >= 0.3 is 0 Å². The minimum Gasteiger partial charge on any atom is -0.487 e. The van der Waals surface area contributed by atoms with Gasteiger partial charge in [0.15, 0.2) is 0 Å². The van der Waals surface area contributed by atoms with Gasteiger partial charge in [-0.3, -0.25) is 0 Å². The lowest BCUT2D eigenvalue weighted by Crippen LogP contribution is -2.31. The fourth-order valence-electron chi connectivity index (χ4n) is 0.353. The van der Waals surface area contributed by atoms with Crippen LogP contribution in [0.15, 0.2) is 0 Å². The Morgan fingerprint density at radius 1 is 1.29 bits per heavy atom. The molecule has 0 fully saturated rings. The van der Waals surface area contributed by atoms with Crippen LogP contribution in [0.25, 0.3) is 0 Å². The van der Waals surface area contributed by atoms with Crippen LogP contribution in [0, 0.1) is 0 Å². The summed E-state index contributed by atoms with van der Waals surface area (Å²) in [5.41, 5.74) is 4.22. The third-order valence-corrected chi connectivity index (χ3v) is 1.21. The van der Waals surface area contributed by atoms with Crippen LogP contribution in [-0.4, -0.2) is 40.1 Å². The van der Waals surface area contributed by atoms with E-state index in [9.17, 15) is 0 Å². The highest BCUT2D eigenvalue weighted by atomic mass is 32.1. The first-order valence-electron chi connectivity index (χ1n) is 3.95. The Morgan fingerprint density at radius 2 is 1.57 bits per heavy atom. The van der Waals surface area contributed by atoms with Gasteiger partial charge in [-0.1, -0.05) is 0 Å². The Hall–Kier alpha value is -0.620. The highest BCUT2D eigenvalue weighted by molar-refractivity contribution is 7.80. The quantitative estimate of drug-likeness (QED) is 0.623. The molecule has 0 unspecified atom stereocenters. The van der Waals surface area contributed by atoms with Gasteiger partial charge in [0.1, 0.15) is 5.60 Å². The predicted molar refractivity (Wildman–Crippen MR) is 66.5 cm³/mol. The molecule has 0 amide bonds. The summed E-state index contributed by atoms with van der Waals surface area (Å²) in [7, 11) is 3.74. The van der Waals surface area contributed by atoms with Crippen molar-refractivity contribution in [3.63, 3.8) is 0 Å². The van der Waals surface area contributed by atoms with Crippen LogP contribution in [0.1, 0.15) is 20.8 Å². The highest BCUT2D eigenvalue weighted by Gasteiger charge is 2.13. The second-order valence-corrected chi connectivity index (χ2v) is 4.48. The number of rotatable bonds is 0. The monoisotopic (exact) mass is 238 g/mol. The predicted octanol–water partition coefficient (Wildman–Crippen LogP) is 1.44. The molecule has 0 aliphatic rings. The van der Waals surface area contributed by atoms with Gasteiger partial charge < -0.3 is 20.5 Å². The molecule has 6 heteroatoms. The van der Waals surface area contributed by atoms with Gasteiger partial charge in [-0.2, -0.15) is 0 Å². The molecule has 0 heterocycles. The van der Waals surface area contributed by atoms with Crippen molar-refractivity contribution in [3.05, 3.63) is 0 Å². The zero-order chi connectivity index (χ0) is 11.9. The molecule has 4 nitrogen and oxygen atoms in total. The molecule has 3 N–H and O–H groups in total. The van der Waals surface area contributed by atoms with Crippen molar-refractivity contribution in [1.82, 2.24) is 4.90 Å². The Kier molecular flexibility index (Phi) is 7.67. The van der Waals surface area contributed by atoms with E-state index in [4.69, 9.17) is 22.1 Å². The first-order chi connectivity index (χ1) is 6.06. The number of hydrogen-bond acceptors (Lipinski definition) is 3. The van der Waals surface area contributed by atoms with E-state index in [0.29, 0.717) is 5.17 Å². The Morgan fingerprint density at radius 3 is 1.64 bits per heavy atom. The van der Waals surface area contributed by atoms with E-state index >= 15 is 0 Å². The fourth-order valence-corrected chi connectivity index (χ4v) is 0.603. The second kappa shape index (κ2) is 6.78. The lowest BCUT2D eigenvalue weighted by atomic mass is 10.2. The normalized spacial score (nSPS) is 9.50. The molecule has 0 aromatic carbocycles. The molecule has 0 aromatic rings. The standard InChI is InChI=1S/C7H15NOS.CH3NOS/c1-7(2,3)9-6(10)8(4)5;2-1(3)4/h1-5H3;(H3,2,3,4). The number of hydrogen-bond donors (Lipinski definition) is 2. The zero-order valence-corrected chi connectivity index (χ0v) is 10.8. The molecule has 0 saturated heterocycles. The number of thiocarbonyl (C=S) groups is 2. The topological polar surface area (TPSA) is 58.7 Å². The van der Waals surface area contributed by atoms with E-state index in [1.165, 1.54) is 0 Å². The summed E-state index contributed by atoms with van der Waals surface area (Å²) in [5, 5.41) is 7.60. The van der Waals surface area contributed by atoms with Crippen molar-refractivity contribution in [1.29, 1.82) is 0 Å². The van der Waals surface area contributed by atoms with Crippen molar-refractivity contribution >= 4 is 34.8 Å². The van der Waals surface area contributed by atoms with E-state index in [1.807, 2.05) is 34.9 Å². The SMILES string of the molecule is CN(C)C(=S)OC(C)(C)C.NC(O)=S. The highest BCUT2D eigenvalue weighted by Crippen LogP contribution is 2.08. The number of aliphatic hydroxyl groups excluding tert-OH is 1. The Bertz CT molecular complexity index is 196. The molecule has 0 aliphatic carbocycles. The molecule has 0 bridgehead atoms. The third-order valence-electron chi connectivity index (χ3n) is 0.759. The summed E-state index contributed by atoms with van der Waals surface area (Å²) < 4.78 is 5.36. The molecule has 0 radical (unpaired) electrons. The van der Waals surface area contributed by atoms with Crippen LogP contribution < -0.4 is 5.73 Å². The number of nitrogens with zero attached hydrogens (tertiary/aromatic N) is 1. The van der Waals surface area contributed by atoms with Crippen molar-refractivity contribution in [2.45, 2.75) is 26.4 Å². The Labute approximate surface area is 96.0 Å². The van der Waals surface area contributed by atoms with Gasteiger partial charge in [0.25, 0.3) is 10.3 Å². The van der Waals surface area contributed by atoms with E-state index in [1.54, 1.807) is 4.90 Å². The molecule has 0 aromatic heterocycles. The summed E-state index contributed by atoms with van der Waals surface area (Å²) >= 11 is 8.80. The van der Waals surface area contributed by atoms with E-state index in [2.05, 4.69) is 18.0 Å². The summed E-state index contributed by atoms with van der Waals surface area (Å²) in [6, 6.07) is 0. The smallest absolute Gasteiger partial charge is 0.259 e. The minimum atomic E-state index is -0.500. The maximum Gasteiger partial charge on any atom is 0.259 e. The summed E-state index contributed by atoms with van der Waals surface area (Å²) in [6.07, 6.45) is 0. The molecule has 84 valence electrons. The molecule has 14 heavy (non-hydrogen) atoms. The zero-order valence-electron chi connectivity index (χ0n) is 9.20. The van der Waals surface area contributed by atoms with E-state index in [0.717, 1.165) is 0 Å². The molecule has 0 rings (SSSR count). The second-order valence-electron chi connectivity index (χ2n) is 3.71. The van der Waals surface area contributed by atoms with Crippen LogP contribution in [0.5, 0.6) is 0 Å². The van der Waals surface area contributed by atoms with Crippen LogP contribution >= 0.6 is 24.4 Å². The van der Waals surface area contributed by atoms with Gasteiger partial charge in [-0.05, 0) is 45.2 Å². The van der Waals surface area contributed by atoms with Gasteiger partial charge in [0, 0.05) is 14.1 Å². The van der Waals surface area contributed by atoms with Gasteiger partial charge in [-0.25, -0.2) is 0 Å². The average molecular weight is 238 g/mol. The first kappa shape index (κ1) is 15.8. The maximum absolute atomic E-state index is 7.56. The van der Waals surface area contributed by atoms with Crippen LogP contribution in [0.3, 0.4) is 0 Å². The lowest BCUT2D eigenvalue weighted by molar-refractivity contribution is 0.101. The maximum atomic E-state index is 7.56. The fraction of sp³-hybridized carbons (Fsp3) is 0.750. The summed E-state index contributed by atoms with van der Waals surface area (Å²) in [4.78, 5) is 1.78. The number of aliphatic hydroxyl groups is 1. The van der Waals surface area contributed by atoms with Crippen LogP contribution in [0.2, 0.25) is 0 Å². The van der Waals surface area contributed by atoms with Crippen LogP contribution in [-0.2, 0) is 4.74 Å². The molecule has 0 spiro atoms. The number of nitrogens with two attached hydrogens (primary N) is 1. The molecular formula is C8H18N2O2S2. The summed E-state index contributed by atoms with van der Waals surface area (Å²) in [5.74, 6) is 0. The third kappa shape index (κ3) is 17.5. The molecule has 0 atom stereocenters.